The molecule has 0 unspecified atom stereocenters. The Labute approximate surface area is 148 Å². The number of rotatable bonds is 7. The van der Waals surface area contributed by atoms with Crippen LogP contribution in [0.2, 0.25) is 8.67 Å². The van der Waals surface area contributed by atoms with Gasteiger partial charge in [-0.15, -0.1) is 11.3 Å². The van der Waals surface area contributed by atoms with E-state index < -0.39 is 5.97 Å². The zero-order chi connectivity index (χ0) is 16.6. The molecule has 2 aliphatic carbocycles. The van der Waals surface area contributed by atoms with Crippen LogP contribution in [0.4, 0.5) is 0 Å². The molecule has 2 N–H and O–H groups in total. The summed E-state index contributed by atoms with van der Waals surface area (Å²) in [6.07, 6.45) is 3.95. The lowest BCUT2D eigenvalue weighted by Crippen LogP contribution is -2.55. The van der Waals surface area contributed by atoms with Crippen LogP contribution < -0.4 is 5.32 Å². The molecule has 2 fully saturated rings. The highest BCUT2D eigenvalue weighted by molar-refractivity contribution is 7.20. The molecule has 0 radical (unpaired) electrons. The number of amides is 1. The molecule has 0 aromatic carbocycles. The highest BCUT2D eigenvalue weighted by Gasteiger charge is 2.38. The molecule has 0 atom stereocenters. The molecule has 126 valence electrons. The molecule has 0 bridgehead atoms. The first-order chi connectivity index (χ1) is 10.9. The summed E-state index contributed by atoms with van der Waals surface area (Å²) in [7, 11) is 0. The monoisotopic (exact) mass is 376 g/mol. The van der Waals surface area contributed by atoms with Crippen molar-refractivity contribution in [2.75, 3.05) is 13.1 Å². The lowest BCUT2D eigenvalue weighted by Gasteiger charge is -2.42. The van der Waals surface area contributed by atoms with Gasteiger partial charge in [-0.25, -0.2) is 0 Å². The maximum absolute atomic E-state index is 12.2. The average molecular weight is 377 g/mol. The lowest BCUT2D eigenvalue weighted by molar-refractivity contribution is -0.139. The number of carboxylic acids is 1. The number of hydrogen-bond donors (Lipinski definition) is 2. The van der Waals surface area contributed by atoms with E-state index in [1.54, 1.807) is 6.07 Å². The van der Waals surface area contributed by atoms with Crippen molar-refractivity contribution in [3.05, 3.63) is 20.3 Å². The van der Waals surface area contributed by atoms with E-state index in [0.717, 1.165) is 19.4 Å². The van der Waals surface area contributed by atoms with Crippen LogP contribution in [0.3, 0.4) is 0 Å². The van der Waals surface area contributed by atoms with Gasteiger partial charge in [-0.2, -0.15) is 0 Å². The van der Waals surface area contributed by atoms with Gasteiger partial charge in [-0.05, 0) is 37.7 Å². The van der Waals surface area contributed by atoms with Crippen molar-refractivity contribution in [1.82, 2.24) is 10.2 Å². The van der Waals surface area contributed by atoms with Gasteiger partial charge in [0.2, 0.25) is 0 Å². The molecular weight excluding hydrogens is 359 g/mol. The van der Waals surface area contributed by atoms with Crippen molar-refractivity contribution >= 4 is 46.4 Å². The van der Waals surface area contributed by atoms with E-state index >= 15 is 0 Å². The van der Waals surface area contributed by atoms with Crippen LogP contribution in [-0.2, 0) is 4.79 Å². The molecule has 23 heavy (non-hydrogen) atoms. The van der Waals surface area contributed by atoms with Gasteiger partial charge in [-0.1, -0.05) is 23.2 Å². The van der Waals surface area contributed by atoms with Crippen molar-refractivity contribution in [1.29, 1.82) is 0 Å². The quantitative estimate of drug-likeness (QED) is 0.766. The molecule has 1 heterocycles. The largest absolute Gasteiger partial charge is 0.480 e. The van der Waals surface area contributed by atoms with Crippen LogP contribution in [0.1, 0.15) is 36.0 Å². The molecule has 2 aliphatic rings. The van der Waals surface area contributed by atoms with E-state index in [-0.39, 0.29) is 24.5 Å². The third kappa shape index (κ3) is 4.38. The zero-order valence-electron chi connectivity index (χ0n) is 12.4. The molecule has 0 saturated heterocycles. The molecule has 3 rings (SSSR count). The van der Waals surface area contributed by atoms with Gasteiger partial charge in [0.1, 0.15) is 4.34 Å². The van der Waals surface area contributed by atoms with Crippen LogP contribution in [0.15, 0.2) is 6.07 Å². The summed E-state index contributed by atoms with van der Waals surface area (Å²) in [5.41, 5.74) is 0.408. The standard InChI is InChI=1S/C15H18Cl2N2O3S/c16-12-5-11(14(17)23-12)15(22)18-9-3-10(4-9)19(7-13(20)21)6-8-1-2-8/h5,8-10H,1-4,6-7H2,(H,18,22)(H,20,21). The highest BCUT2D eigenvalue weighted by atomic mass is 35.5. The summed E-state index contributed by atoms with van der Waals surface area (Å²) in [5, 5.41) is 12.0. The minimum atomic E-state index is -0.794. The normalized spacial score (nSPS) is 23.6. The second-order valence-corrected chi connectivity index (χ2v) is 8.59. The maximum Gasteiger partial charge on any atom is 0.317 e. The predicted molar refractivity (Wildman–Crippen MR) is 90.5 cm³/mol. The number of nitrogens with zero attached hydrogens (tertiary/aromatic N) is 1. The summed E-state index contributed by atoms with van der Waals surface area (Å²) in [4.78, 5) is 25.2. The molecule has 1 aromatic rings. The first-order valence-electron chi connectivity index (χ1n) is 7.64. The fourth-order valence-electron chi connectivity index (χ4n) is 2.91. The van der Waals surface area contributed by atoms with E-state index in [2.05, 4.69) is 5.32 Å². The summed E-state index contributed by atoms with van der Waals surface area (Å²) in [6, 6.07) is 1.88. The van der Waals surface area contributed by atoms with E-state index in [4.69, 9.17) is 28.3 Å². The molecule has 0 aliphatic heterocycles. The molecule has 1 aromatic heterocycles. The van der Waals surface area contributed by atoms with E-state index in [1.807, 2.05) is 4.90 Å². The Hall–Kier alpha value is -0.820. The molecule has 8 heteroatoms. The number of carboxylic acid groups (broad SMARTS) is 1. The SMILES string of the molecule is O=C(O)CN(CC1CC1)C1CC(NC(=O)c2cc(Cl)sc2Cl)C1. The number of aliphatic carboxylic acids is 1. The van der Waals surface area contributed by atoms with Crippen LogP contribution in [0, 0.1) is 5.92 Å². The van der Waals surface area contributed by atoms with Gasteiger partial charge in [0, 0.05) is 18.6 Å². The predicted octanol–water partition coefficient (Wildman–Crippen LogP) is 3.11. The van der Waals surface area contributed by atoms with Crippen molar-refractivity contribution in [2.24, 2.45) is 5.92 Å². The van der Waals surface area contributed by atoms with Gasteiger partial charge in [0.15, 0.2) is 0 Å². The third-order valence-corrected chi connectivity index (χ3v) is 5.88. The Morgan fingerprint density at radius 3 is 2.57 bits per heavy atom. The van der Waals surface area contributed by atoms with Crippen LogP contribution >= 0.6 is 34.5 Å². The van der Waals surface area contributed by atoms with E-state index in [0.29, 0.717) is 20.2 Å². The van der Waals surface area contributed by atoms with Crippen molar-refractivity contribution in [2.45, 2.75) is 37.8 Å². The topological polar surface area (TPSA) is 69.6 Å². The van der Waals surface area contributed by atoms with Crippen LogP contribution in [0.25, 0.3) is 0 Å². The average Bonchev–Trinajstić information content (AvgIpc) is 3.15. The fraction of sp³-hybridized carbons (Fsp3) is 0.600. The molecule has 5 nitrogen and oxygen atoms in total. The van der Waals surface area contributed by atoms with Crippen molar-refractivity contribution < 1.29 is 14.7 Å². The minimum absolute atomic E-state index is 0.0674. The number of nitrogens with one attached hydrogen (secondary N) is 1. The first kappa shape index (κ1) is 17.0. The van der Waals surface area contributed by atoms with Gasteiger partial charge < -0.3 is 10.4 Å². The maximum atomic E-state index is 12.2. The van der Waals surface area contributed by atoms with Crippen molar-refractivity contribution in [3.8, 4) is 0 Å². The Bertz CT molecular complexity index is 612. The molecular formula is C15H18Cl2N2O3S. The van der Waals surface area contributed by atoms with Gasteiger partial charge in [0.25, 0.3) is 5.91 Å². The number of carbonyl (C=O) groups excluding carboxylic acids is 1. The third-order valence-electron chi connectivity index (χ3n) is 4.39. The summed E-state index contributed by atoms with van der Waals surface area (Å²) < 4.78 is 0.883. The van der Waals surface area contributed by atoms with E-state index in [9.17, 15) is 9.59 Å². The Morgan fingerprint density at radius 2 is 2.04 bits per heavy atom. The van der Waals surface area contributed by atoms with Gasteiger partial charge in [0.05, 0.1) is 16.4 Å². The minimum Gasteiger partial charge on any atom is -0.480 e. The summed E-state index contributed by atoms with van der Waals surface area (Å²) >= 11 is 13.0. The highest BCUT2D eigenvalue weighted by Crippen LogP contribution is 2.35. The first-order valence-corrected chi connectivity index (χ1v) is 9.21. The summed E-state index contributed by atoms with van der Waals surface area (Å²) in [5.74, 6) is -0.360. The second kappa shape index (κ2) is 6.97. The van der Waals surface area contributed by atoms with Gasteiger partial charge >= 0.3 is 5.97 Å². The number of hydrogen-bond acceptors (Lipinski definition) is 4. The molecule has 1 amide bonds. The van der Waals surface area contributed by atoms with Crippen molar-refractivity contribution in [3.63, 3.8) is 0 Å². The lowest BCUT2D eigenvalue weighted by atomic mass is 9.85. The zero-order valence-corrected chi connectivity index (χ0v) is 14.8. The fourth-order valence-corrected chi connectivity index (χ4v) is 4.37. The van der Waals surface area contributed by atoms with Crippen LogP contribution in [-0.4, -0.2) is 47.1 Å². The van der Waals surface area contributed by atoms with E-state index in [1.165, 1.54) is 24.2 Å². The smallest absolute Gasteiger partial charge is 0.317 e. The number of carbonyl (C=O) groups is 2. The molecule has 2 saturated carbocycles. The summed E-state index contributed by atoms with van der Waals surface area (Å²) in [6.45, 7) is 0.928. The Kier molecular flexibility index (Phi) is 5.16. The Morgan fingerprint density at radius 1 is 1.35 bits per heavy atom. The molecule has 0 spiro atoms. The number of halogens is 2. The van der Waals surface area contributed by atoms with Gasteiger partial charge in [-0.3, -0.25) is 14.5 Å². The number of thiophene rings is 1. The second-order valence-electron chi connectivity index (χ2n) is 6.30. The van der Waals surface area contributed by atoms with Crippen LogP contribution in [0.5, 0.6) is 0 Å². The Balaban J connectivity index is 1.50.